The molecule has 4 heteroatoms. The van der Waals surface area contributed by atoms with Crippen LogP contribution in [0, 0.1) is 6.92 Å². The number of nitrogens with one attached hydrogen (secondary N) is 1. The van der Waals surface area contributed by atoms with Gasteiger partial charge in [-0.25, -0.2) is 0 Å². The van der Waals surface area contributed by atoms with E-state index >= 15 is 0 Å². The average Bonchev–Trinajstić information content (AvgIpc) is 2.27. The van der Waals surface area contributed by atoms with Crippen LogP contribution in [0.2, 0.25) is 0 Å². The van der Waals surface area contributed by atoms with E-state index in [1.54, 1.807) is 11.8 Å². The monoisotopic (exact) mass is 252 g/mol. The summed E-state index contributed by atoms with van der Waals surface area (Å²) in [6, 6.07) is 8.06. The Morgan fingerprint density at radius 3 is 2.65 bits per heavy atom. The summed E-state index contributed by atoms with van der Waals surface area (Å²) in [6.07, 6.45) is 0. The maximum Gasteiger partial charge on any atom is 0.230 e. The van der Waals surface area contributed by atoms with Crippen molar-refractivity contribution in [3.63, 3.8) is 0 Å². The summed E-state index contributed by atoms with van der Waals surface area (Å²) in [6.45, 7) is 6.32. The number of hydrogen-bond donors (Lipinski definition) is 2. The lowest BCUT2D eigenvalue weighted by Crippen LogP contribution is -2.49. The molecule has 0 bridgehead atoms. The minimum absolute atomic E-state index is 0.0219. The molecule has 94 valence electrons. The van der Waals surface area contributed by atoms with Gasteiger partial charge >= 0.3 is 0 Å². The highest BCUT2D eigenvalue weighted by atomic mass is 32.2. The number of carbonyl (C=O) groups excluding carboxylic acids is 1. The van der Waals surface area contributed by atoms with Crippen LogP contribution in [-0.4, -0.2) is 23.7 Å². The quantitative estimate of drug-likeness (QED) is 0.787. The molecule has 0 saturated carbocycles. The van der Waals surface area contributed by atoms with E-state index in [9.17, 15) is 4.79 Å². The van der Waals surface area contributed by atoms with E-state index in [-0.39, 0.29) is 11.4 Å². The van der Waals surface area contributed by atoms with E-state index in [2.05, 4.69) is 5.32 Å². The van der Waals surface area contributed by atoms with Crippen LogP contribution >= 0.6 is 11.8 Å². The molecule has 3 nitrogen and oxygen atoms in total. The van der Waals surface area contributed by atoms with Gasteiger partial charge in [-0.2, -0.15) is 0 Å². The molecule has 0 atom stereocenters. The molecule has 0 heterocycles. The zero-order chi connectivity index (χ0) is 12.9. The van der Waals surface area contributed by atoms with Crippen LogP contribution in [0.4, 0.5) is 0 Å². The van der Waals surface area contributed by atoms with Crippen molar-refractivity contribution in [3.8, 4) is 0 Å². The van der Waals surface area contributed by atoms with Crippen LogP contribution < -0.4 is 11.1 Å². The Morgan fingerprint density at radius 2 is 2.06 bits per heavy atom. The third-order valence-corrected chi connectivity index (χ3v) is 3.62. The molecule has 0 aliphatic carbocycles. The smallest absolute Gasteiger partial charge is 0.230 e. The molecule has 0 fully saturated rings. The van der Waals surface area contributed by atoms with Gasteiger partial charge in [0.05, 0.1) is 5.75 Å². The average molecular weight is 252 g/mol. The molecule has 1 amide bonds. The first kappa shape index (κ1) is 14.1. The first-order chi connectivity index (χ1) is 7.94. The van der Waals surface area contributed by atoms with Gasteiger partial charge in [-0.05, 0) is 32.4 Å². The molecular weight excluding hydrogens is 232 g/mol. The zero-order valence-corrected chi connectivity index (χ0v) is 11.4. The van der Waals surface area contributed by atoms with Gasteiger partial charge in [-0.15, -0.1) is 11.8 Å². The van der Waals surface area contributed by atoms with E-state index in [1.807, 2.05) is 45.0 Å². The summed E-state index contributed by atoms with van der Waals surface area (Å²) < 4.78 is 0. The molecule has 0 spiro atoms. The molecule has 0 aromatic heterocycles. The van der Waals surface area contributed by atoms with Crippen molar-refractivity contribution in [2.75, 3.05) is 12.3 Å². The molecule has 0 saturated heterocycles. The molecule has 1 rings (SSSR count). The van der Waals surface area contributed by atoms with Crippen molar-refractivity contribution in [2.45, 2.75) is 31.2 Å². The highest BCUT2D eigenvalue weighted by Crippen LogP contribution is 2.21. The molecule has 17 heavy (non-hydrogen) atoms. The van der Waals surface area contributed by atoms with Crippen LogP contribution in [0.1, 0.15) is 19.4 Å². The van der Waals surface area contributed by atoms with Crippen LogP contribution in [-0.2, 0) is 4.79 Å². The fourth-order valence-corrected chi connectivity index (χ4v) is 2.16. The molecular formula is C13H20N2OS. The Balaban J connectivity index is 2.47. The third-order valence-electron chi connectivity index (χ3n) is 2.44. The Bertz CT molecular complexity index is 391. The van der Waals surface area contributed by atoms with Gasteiger partial charge in [0.15, 0.2) is 0 Å². The van der Waals surface area contributed by atoms with Crippen molar-refractivity contribution in [1.29, 1.82) is 0 Å². The first-order valence-electron chi connectivity index (χ1n) is 5.64. The van der Waals surface area contributed by atoms with Gasteiger partial charge in [0, 0.05) is 17.0 Å². The molecule has 0 radical (unpaired) electrons. The number of aryl methyl sites for hydroxylation is 1. The second kappa shape index (κ2) is 6.07. The van der Waals surface area contributed by atoms with Crippen LogP contribution in [0.3, 0.4) is 0 Å². The lowest BCUT2D eigenvalue weighted by Gasteiger charge is -2.24. The van der Waals surface area contributed by atoms with Crippen LogP contribution in [0.5, 0.6) is 0 Å². The maximum absolute atomic E-state index is 11.7. The van der Waals surface area contributed by atoms with Crippen molar-refractivity contribution in [2.24, 2.45) is 5.73 Å². The second-order valence-corrected chi connectivity index (χ2v) is 5.71. The zero-order valence-electron chi connectivity index (χ0n) is 10.6. The van der Waals surface area contributed by atoms with E-state index in [0.717, 1.165) is 4.90 Å². The summed E-state index contributed by atoms with van der Waals surface area (Å²) in [5, 5.41) is 2.91. The second-order valence-electron chi connectivity index (χ2n) is 4.69. The van der Waals surface area contributed by atoms with Gasteiger partial charge in [0.2, 0.25) is 5.91 Å². The predicted molar refractivity (Wildman–Crippen MR) is 73.2 cm³/mol. The van der Waals surface area contributed by atoms with Crippen molar-refractivity contribution >= 4 is 17.7 Å². The predicted octanol–water partition coefficient (Wildman–Crippen LogP) is 1.94. The lowest BCUT2D eigenvalue weighted by molar-refractivity contribution is -0.120. The Labute approximate surface area is 107 Å². The normalized spacial score (nSPS) is 11.3. The Kier molecular flexibility index (Phi) is 5.02. The number of benzene rings is 1. The summed E-state index contributed by atoms with van der Waals surface area (Å²) in [5.41, 5.74) is 6.43. The summed E-state index contributed by atoms with van der Waals surface area (Å²) in [7, 11) is 0. The third kappa shape index (κ3) is 4.79. The maximum atomic E-state index is 11.7. The molecule has 1 aromatic carbocycles. The molecule has 0 unspecified atom stereocenters. The molecule has 1 aromatic rings. The standard InChI is InChI=1S/C13H20N2OS/c1-10-6-4-5-7-11(10)17-8-12(16)15-13(2,3)9-14/h4-7H,8-9,14H2,1-3H3,(H,15,16). The lowest BCUT2D eigenvalue weighted by atomic mass is 10.1. The van der Waals surface area contributed by atoms with Gasteiger partial charge in [0.1, 0.15) is 0 Å². The molecule has 0 aliphatic rings. The van der Waals surface area contributed by atoms with E-state index in [1.165, 1.54) is 5.56 Å². The number of carbonyl (C=O) groups is 1. The van der Waals surface area contributed by atoms with Gasteiger partial charge in [-0.3, -0.25) is 4.79 Å². The van der Waals surface area contributed by atoms with E-state index in [0.29, 0.717) is 12.3 Å². The van der Waals surface area contributed by atoms with Gasteiger partial charge < -0.3 is 11.1 Å². The van der Waals surface area contributed by atoms with E-state index < -0.39 is 0 Å². The van der Waals surface area contributed by atoms with Gasteiger partial charge in [-0.1, -0.05) is 18.2 Å². The van der Waals surface area contributed by atoms with Crippen molar-refractivity contribution < 1.29 is 4.79 Å². The summed E-state index contributed by atoms with van der Waals surface area (Å²) >= 11 is 1.55. The molecule has 3 N–H and O–H groups in total. The van der Waals surface area contributed by atoms with Crippen molar-refractivity contribution in [1.82, 2.24) is 5.32 Å². The highest BCUT2D eigenvalue weighted by Gasteiger charge is 2.18. The fourth-order valence-electron chi connectivity index (χ4n) is 1.33. The Morgan fingerprint density at radius 1 is 1.41 bits per heavy atom. The number of amides is 1. The summed E-state index contributed by atoms with van der Waals surface area (Å²) in [5.74, 6) is 0.447. The SMILES string of the molecule is Cc1ccccc1SCC(=O)NC(C)(C)CN. The number of hydrogen-bond acceptors (Lipinski definition) is 3. The van der Waals surface area contributed by atoms with Crippen LogP contribution in [0.15, 0.2) is 29.2 Å². The minimum atomic E-state index is -0.330. The first-order valence-corrected chi connectivity index (χ1v) is 6.63. The number of rotatable bonds is 5. The summed E-state index contributed by atoms with van der Waals surface area (Å²) in [4.78, 5) is 12.9. The van der Waals surface area contributed by atoms with Gasteiger partial charge in [0.25, 0.3) is 0 Å². The molecule has 0 aliphatic heterocycles. The number of thioether (sulfide) groups is 1. The minimum Gasteiger partial charge on any atom is -0.349 e. The van der Waals surface area contributed by atoms with E-state index in [4.69, 9.17) is 5.73 Å². The number of nitrogens with two attached hydrogens (primary N) is 1. The van der Waals surface area contributed by atoms with Crippen LogP contribution in [0.25, 0.3) is 0 Å². The highest BCUT2D eigenvalue weighted by molar-refractivity contribution is 8.00. The fraction of sp³-hybridized carbons (Fsp3) is 0.462. The van der Waals surface area contributed by atoms with Crippen molar-refractivity contribution in [3.05, 3.63) is 29.8 Å². The largest absolute Gasteiger partial charge is 0.349 e. The topological polar surface area (TPSA) is 55.1 Å². The Hall–Kier alpha value is -1.00.